The summed E-state index contributed by atoms with van der Waals surface area (Å²) in [6, 6.07) is 0. The van der Waals surface area contributed by atoms with Crippen LogP contribution in [-0.4, -0.2) is 11.4 Å². The van der Waals surface area contributed by atoms with Crippen LogP contribution in [0.4, 0.5) is 0 Å². The minimum Gasteiger partial charge on any atom is -0.350 e. The highest BCUT2D eigenvalue weighted by atomic mass is 15.0. The van der Waals surface area contributed by atoms with Crippen LogP contribution in [0.25, 0.3) is 0 Å². The number of nitrogens with one attached hydrogen (secondary N) is 1. The predicted octanol–water partition coefficient (Wildman–Crippen LogP) is 3.74. The number of hydrogen-bond acceptors (Lipinski definition) is 2. The number of hydrogen-bond donors (Lipinski definition) is 1. The fourth-order valence-electron chi connectivity index (χ4n) is 1.25. The highest BCUT2D eigenvalue weighted by Crippen LogP contribution is 2.23. The average molecular weight is 210 g/mol. The van der Waals surface area contributed by atoms with E-state index in [1.807, 2.05) is 20.0 Å². The summed E-state index contributed by atoms with van der Waals surface area (Å²) in [5, 5.41) is 3.25. The van der Waals surface area contributed by atoms with Gasteiger partial charge in [-0.3, -0.25) is 4.99 Å². The molecule has 2 heteroatoms. The highest BCUT2D eigenvalue weighted by molar-refractivity contribution is 5.88. The number of aliphatic imine (C=N–C) groups is 1. The van der Waals surface area contributed by atoms with Gasteiger partial charge in [-0.25, -0.2) is 0 Å². The van der Waals surface area contributed by atoms with Crippen molar-refractivity contribution in [1.29, 1.82) is 0 Å². The summed E-state index contributed by atoms with van der Waals surface area (Å²) in [5.41, 5.74) is 0.133. The molecule has 0 atom stereocenters. The van der Waals surface area contributed by atoms with Crippen molar-refractivity contribution in [2.75, 3.05) is 0 Å². The zero-order valence-corrected chi connectivity index (χ0v) is 11.3. The Labute approximate surface area is 94.9 Å². The fraction of sp³-hybridized carbons (Fsp3) is 0.769. The Balaban J connectivity index is 0.000000921. The molecular weight excluding hydrogens is 184 g/mol. The van der Waals surface area contributed by atoms with Gasteiger partial charge in [-0.15, -0.1) is 0 Å². The Morgan fingerprint density at radius 3 is 2.27 bits per heavy atom. The molecule has 1 rings (SSSR count). The first-order chi connectivity index (χ1) is 6.81. The molecule has 1 N–H and O–H groups in total. The molecule has 0 fully saturated rings. The molecule has 15 heavy (non-hydrogen) atoms. The number of nitrogens with zero attached hydrogens (tertiary/aromatic N) is 1. The van der Waals surface area contributed by atoms with Crippen molar-refractivity contribution in [3.05, 3.63) is 12.3 Å². The van der Waals surface area contributed by atoms with Gasteiger partial charge in [0.05, 0.1) is 5.54 Å². The topological polar surface area (TPSA) is 24.4 Å². The molecule has 0 aromatic carbocycles. The number of rotatable bonds is 0. The molecule has 0 unspecified atom stereocenters. The van der Waals surface area contributed by atoms with Crippen molar-refractivity contribution in [1.82, 2.24) is 5.32 Å². The van der Waals surface area contributed by atoms with E-state index in [1.54, 1.807) is 0 Å². The van der Waals surface area contributed by atoms with Gasteiger partial charge in [0.2, 0.25) is 0 Å². The van der Waals surface area contributed by atoms with Crippen LogP contribution in [0.5, 0.6) is 0 Å². The lowest BCUT2D eigenvalue weighted by molar-refractivity contribution is 0.506. The normalized spacial score (nSPS) is 19.3. The molecule has 0 aliphatic carbocycles. The van der Waals surface area contributed by atoms with Crippen molar-refractivity contribution >= 4 is 5.84 Å². The molecular formula is C13H26N2. The Hall–Kier alpha value is -0.790. The van der Waals surface area contributed by atoms with E-state index in [1.165, 1.54) is 0 Å². The molecule has 1 heterocycles. The van der Waals surface area contributed by atoms with E-state index in [0.29, 0.717) is 0 Å². The average Bonchev–Trinajstić information content (AvgIpc) is 2.29. The van der Waals surface area contributed by atoms with Crippen molar-refractivity contribution in [3.63, 3.8) is 0 Å². The predicted molar refractivity (Wildman–Crippen MR) is 69.2 cm³/mol. The zero-order chi connectivity index (χ0) is 12.1. The molecule has 0 aromatic heterocycles. The first-order valence-electron chi connectivity index (χ1n) is 5.83. The molecule has 2 nitrogen and oxygen atoms in total. The van der Waals surface area contributed by atoms with Crippen LogP contribution >= 0.6 is 0 Å². The molecule has 0 bridgehead atoms. The van der Waals surface area contributed by atoms with Gasteiger partial charge in [0, 0.05) is 5.41 Å². The van der Waals surface area contributed by atoms with Crippen LogP contribution in [0.15, 0.2) is 17.3 Å². The summed E-state index contributed by atoms with van der Waals surface area (Å²) in [6.07, 6.45) is 5.14. The van der Waals surface area contributed by atoms with Crippen LogP contribution in [0.2, 0.25) is 0 Å². The van der Waals surface area contributed by atoms with Crippen molar-refractivity contribution < 1.29 is 0 Å². The maximum Gasteiger partial charge on any atom is 0.106 e. The van der Waals surface area contributed by atoms with Gasteiger partial charge in [-0.05, 0) is 26.5 Å². The van der Waals surface area contributed by atoms with E-state index in [9.17, 15) is 0 Å². The lowest BCUT2D eigenvalue weighted by atomic mass is 9.93. The Bertz CT molecular complexity index is 242. The third kappa shape index (κ3) is 5.01. The second-order valence-electron chi connectivity index (χ2n) is 5.27. The minimum atomic E-state index is 0.0304. The number of amidine groups is 1. The van der Waals surface area contributed by atoms with E-state index in [-0.39, 0.29) is 11.0 Å². The maximum absolute atomic E-state index is 4.72. The van der Waals surface area contributed by atoms with Crippen molar-refractivity contribution in [3.8, 4) is 0 Å². The van der Waals surface area contributed by atoms with E-state index in [2.05, 4.69) is 46.0 Å². The molecule has 0 saturated heterocycles. The van der Waals surface area contributed by atoms with Crippen molar-refractivity contribution in [2.45, 2.75) is 60.4 Å². The van der Waals surface area contributed by atoms with Gasteiger partial charge in [0.15, 0.2) is 0 Å². The SMILES string of the molecule is CC.CC1(C)CC=CNC(C(C)(C)C)=N1. The first kappa shape index (κ1) is 14.2. The molecule has 1 aliphatic heterocycles. The fourth-order valence-corrected chi connectivity index (χ4v) is 1.25. The molecule has 0 radical (unpaired) electrons. The van der Waals surface area contributed by atoms with Crippen LogP contribution < -0.4 is 5.32 Å². The maximum atomic E-state index is 4.72. The highest BCUT2D eigenvalue weighted by Gasteiger charge is 2.24. The van der Waals surface area contributed by atoms with Gasteiger partial charge < -0.3 is 5.32 Å². The van der Waals surface area contributed by atoms with Gasteiger partial charge in [0.25, 0.3) is 0 Å². The summed E-state index contributed by atoms with van der Waals surface area (Å²) >= 11 is 0. The summed E-state index contributed by atoms with van der Waals surface area (Å²) in [6.45, 7) is 14.8. The standard InChI is InChI=1S/C11H20N2.C2H6/c1-10(2,3)9-12-8-6-7-11(4,5)13-9;1-2/h6,8H,7H2,1-5H3,(H,12,13);1-2H3. The van der Waals surface area contributed by atoms with Crippen LogP contribution in [0, 0.1) is 5.41 Å². The quantitative estimate of drug-likeness (QED) is 0.647. The minimum absolute atomic E-state index is 0.0304. The Morgan fingerprint density at radius 2 is 1.80 bits per heavy atom. The lowest BCUT2D eigenvalue weighted by Gasteiger charge is -2.25. The molecule has 0 aromatic rings. The van der Waals surface area contributed by atoms with Gasteiger partial charge in [-0.2, -0.15) is 0 Å². The first-order valence-corrected chi connectivity index (χ1v) is 5.83. The summed E-state index contributed by atoms with van der Waals surface area (Å²) < 4.78 is 0. The van der Waals surface area contributed by atoms with Gasteiger partial charge in [0.1, 0.15) is 5.84 Å². The van der Waals surface area contributed by atoms with E-state index in [4.69, 9.17) is 4.99 Å². The van der Waals surface area contributed by atoms with E-state index in [0.717, 1.165) is 12.3 Å². The van der Waals surface area contributed by atoms with Crippen LogP contribution in [0.3, 0.4) is 0 Å². The Kier molecular flexibility index (Phi) is 5.06. The lowest BCUT2D eigenvalue weighted by Crippen LogP contribution is -2.33. The summed E-state index contributed by atoms with van der Waals surface area (Å²) in [4.78, 5) is 4.72. The second-order valence-corrected chi connectivity index (χ2v) is 5.27. The summed E-state index contributed by atoms with van der Waals surface area (Å²) in [5.74, 6) is 1.08. The molecule has 0 amide bonds. The largest absolute Gasteiger partial charge is 0.350 e. The molecule has 1 aliphatic rings. The molecule has 0 saturated carbocycles. The zero-order valence-electron chi connectivity index (χ0n) is 11.3. The van der Waals surface area contributed by atoms with Gasteiger partial charge in [-0.1, -0.05) is 40.7 Å². The third-order valence-corrected chi connectivity index (χ3v) is 2.08. The second kappa shape index (κ2) is 5.34. The monoisotopic (exact) mass is 210 g/mol. The molecule has 0 spiro atoms. The van der Waals surface area contributed by atoms with Gasteiger partial charge >= 0.3 is 0 Å². The Morgan fingerprint density at radius 1 is 1.27 bits per heavy atom. The van der Waals surface area contributed by atoms with Crippen LogP contribution in [0.1, 0.15) is 54.9 Å². The summed E-state index contributed by atoms with van der Waals surface area (Å²) in [7, 11) is 0. The molecule has 88 valence electrons. The van der Waals surface area contributed by atoms with E-state index < -0.39 is 0 Å². The third-order valence-electron chi connectivity index (χ3n) is 2.08. The van der Waals surface area contributed by atoms with Crippen molar-refractivity contribution in [2.24, 2.45) is 10.4 Å². The van der Waals surface area contributed by atoms with Crippen LogP contribution in [-0.2, 0) is 0 Å². The van der Waals surface area contributed by atoms with E-state index >= 15 is 0 Å². The smallest absolute Gasteiger partial charge is 0.106 e.